The summed E-state index contributed by atoms with van der Waals surface area (Å²) in [6.07, 6.45) is 7.69. The Labute approximate surface area is 147 Å². The molecule has 0 bridgehead atoms. The van der Waals surface area contributed by atoms with Crippen molar-refractivity contribution in [3.63, 3.8) is 0 Å². The first-order valence-electron chi connectivity index (χ1n) is 8.75. The number of fused-ring (bicyclic) bond motifs is 1. The molecule has 1 aromatic carbocycles. The Bertz CT molecular complexity index is 808. The summed E-state index contributed by atoms with van der Waals surface area (Å²) in [7, 11) is 0. The molecule has 0 spiro atoms. The molecule has 0 radical (unpaired) electrons. The summed E-state index contributed by atoms with van der Waals surface area (Å²) in [5, 5.41) is 19.1. The SMILES string of the molecule is N#CCCn1cc(/C=C/C(=O)N2CCC(CO)CC2)c2ccccc21. The largest absolute Gasteiger partial charge is 0.396 e. The number of rotatable bonds is 5. The second kappa shape index (κ2) is 8.00. The minimum atomic E-state index is 0.0187. The number of aliphatic hydroxyl groups is 1. The van der Waals surface area contributed by atoms with Crippen molar-refractivity contribution >= 4 is 22.9 Å². The molecule has 1 aliphatic rings. The van der Waals surface area contributed by atoms with E-state index in [1.165, 1.54) is 0 Å². The van der Waals surface area contributed by atoms with Crippen LogP contribution in [-0.4, -0.2) is 40.2 Å². The van der Waals surface area contributed by atoms with Crippen LogP contribution in [0.3, 0.4) is 0 Å². The van der Waals surface area contributed by atoms with Gasteiger partial charge in [0.1, 0.15) is 0 Å². The van der Waals surface area contributed by atoms with E-state index in [4.69, 9.17) is 5.26 Å². The van der Waals surface area contributed by atoms with E-state index in [0.29, 0.717) is 32.0 Å². The number of aromatic nitrogens is 1. The Morgan fingerprint density at radius 1 is 1.32 bits per heavy atom. The van der Waals surface area contributed by atoms with Crippen LogP contribution in [0, 0.1) is 17.2 Å². The van der Waals surface area contributed by atoms with Gasteiger partial charge in [0.05, 0.1) is 12.5 Å². The summed E-state index contributed by atoms with van der Waals surface area (Å²) < 4.78 is 2.06. The number of hydrogen-bond acceptors (Lipinski definition) is 3. The molecule has 1 saturated heterocycles. The number of hydrogen-bond donors (Lipinski definition) is 1. The lowest BCUT2D eigenvalue weighted by Crippen LogP contribution is -2.38. The van der Waals surface area contributed by atoms with Gasteiger partial charge in [0.25, 0.3) is 0 Å². The van der Waals surface area contributed by atoms with Crippen LogP contribution >= 0.6 is 0 Å². The van der Waals surface area contributed by atoms with Gasteiger partial charge in [-0.05, 0) is 30.9 Å². The smallest absolute Gasteiger partial charge is 0.246 e. The third-order valence-electron chi connectivity index (χ3n) is 4.87. The first-order chi connectivity index (χ1) is 12.2. The summed E-state index contributed by atoms with van der Waals surface area (Å²) in [6, 6.07) is 10.2. The van der Waals surface area contributed by atoms with E-state index in [2.05, 4.69) is 10.6 Å². The van der Waals surface area contributed by atoms with E-state index in [0.717, 1.165) is 29.3 Å². The number of carbonyl (C=O) groups is 1. The Kier molecular flexibility index (Phi) is 5.52. The van der Waals surface area contributed by atoms with Gasteiger partial charge < -0.3 is 14.6 Å². The summed E-state index contributed by atoms with van der Waals surface area (Å²) in [5.41, 5.74) is 2.07. The average Bonchev–Trinajstić information content (AvgIpc) is 3.02. The monoisotopic (exact) mass is 337 g/mol. The Balaban J connectivity index is 1.75. The molecule has 2 aromatic rings. The highest BCUT2D eigenvalue weighted by Gasteiger charge is 2.20. The number of aliphatic hydroxyl groups excluding tert-OH is 1. The first-order valence-corrected chi connectivity index (χ1v) is 8.75. The van der Waals surface area contributed by atoms with E-state index in [1.807, 2.05) is 41.4 Å². The zero-order valence-corrected chi connectivity index (χ0v) is 14.3. The highest BCUT2D eigenvalue weighted by Crippen LogP contribution is 2.23. The van der Waals surface area contributed by atoms with E-state index in [9.17, 15) is 9.90 Å². The molecule has 1 fully saturated rings. The second-order valence-electron chi connectivity index (χ2n) is 6.49. The molecular weight excluding hydrogens is 314 g/mol. The predicted molar refractivity (Wildman–Crippen MR) is 97.6 cm³/mol. The van der Waals surface area contributed by atoms with Crippen molar-refractivity contribution in [1.29, 1.82) is 5.26 Å². The molecule has 130 valence electrons. The number of benzene rings is 1. The number of amides is 1. The third kappa shape index (κ3) is 3.92. The summed E-state index contributed by atoms with van der Waals surface area (Å²) >= 11 is 0. The van der Waals surface area contributed by atoms with Crippen molar-refractivity contribution < 1.29 is 9.90 Å². The number of carbonyl (C=O) groups excluding carboxylic acids is 1. The van der Waals surface area contributed by atoms with E-state index < -0.39 is 0 Å². The number of nitriles is 1. The van der Waals surface area contributed by atoms with Crippen LogP contribution in [0.1, 0.15) is 24.8 Å². The van der Waals surface area contributed by atoms with Gasteiger partial charge in [-0.3, -0.25) is 4.79 Å². The fourth-order valence-corrected chi connectivity index (χ4v) is 3.37. The van der Waals surface area contributed by atoms with Crippen LogP contribution in [0.5, 0.6) is 0 Å². The number of para-hydroxylation sites is 1. The molecule has 1 amide bonds. The average molecular weight is 337 g/mol. The van der Waals surface area contributed by atoms with E-state index in [1.54, 1.807) is 6.08 Å². The molecule has 2 heterocycles. The Hall–Kier alpha value is -2.58. The van der Waals surface area contributed by atoms with Gasteiger partial charge in [0.2, 0.25) is 5.91 Å². The third-order valence-corrected chi connectivity index (χ3v) is 4.87. The number of likely N-dealkylation sites (tertiary alicyclic amines) is 1. The molecule has 0 atom stereocenters. The minimum Gasteiger partial charge on any atom is -0.396 e. The number of piperidine rings is 1. The molecule has 1 aromatic heterocycles. The minimum absolute atomic E-state index is 0.0187. The molecule has 1 N–H and O–H groups in total. The van der Waals surface area contributed by atoms with Gasteiger partial charge in [-0.1, -0.05) is 18.2 Å². The van der Waals surface area contributed by atoms with Gasteiger partial charge >= 0.3 is 0 Å². The lowest BCUT2D eigenvalue weighted by molar-refractivity contribution is -0.127. The molecule has 5 nitrogen and oxygen atoms in total. The van der Waals surface area contributed by atoms with E-state index in [-0.39, 0.29) is 12.5 Å². The highest BCUT2D eigenvalue weighted by atomic mass is 16.3. The van der Waals surface area contributed by atoms with Crippen molar-refractivity contribution in [2.24, 2.45) is 5.92 Å². The molecule has 0 unspecified atom stereocenters. The Morgan fingerprint density at radius 2 is 2.08 bits per heavy atom. The summed E-state index contributed by atoms with van der Waals surface area (Å²) in [5.74, 6) is 0.344. The van der Waals surface area contributed by atoms with Gasteiger partial charge in [-0.15, -0.1) is 0 Å². The molecule has 0 saturated carbocycles. The van der Waals surface area contributed by atoms with Crippen LogP contribution in [0.4, 0.5) is 0 Å². The van der Waals surface area contributed by atoms with Crippen LogP contribution in [0.2, 0.25) is 0 Å². The van der Waals surface area contributed by atoms with Crippen LogP contribution in [0.25, 0.3) is 17.0 Å². The van der Waals surface area contributed by atoms with Crippen LogP contribution < -0.4 is 0 Å². The van der Waals surface area contributed by atoms with Crippen LogP contribution in [-0.2, 0) is 11.3 Å². The van der Waals surface area contributed by atoms with Gasteiger partial charge in [-0.25, -0.2) is 0 Å². The predicted octanol–water partition coefficient (Wildman–Crippen LogP) is 2.80. The zero-order valence-electron chi connectivity index (χ0n) is 14.3. The molecule has 5 heteroatoms. The van der Waals surface area contributed by atoms with Crippen molar-refractivity contribution in [2.75, 3.05) is 19.7 Å². The fourth-order valence-electron chi connectivity index (χ4n) is 3.37. The molecule has 25 heavy (non-hydrogen) atoms. The lowest BCUT2D eigenvalue weighted by Gasteiger charge is -2.30. The van der Waals surface area contributed by atoms with Crippen LogP contribution in [0.15, 0.2) is 36.5 Å². The maximum Gasteiger partial charge on any atom is 0.246 e. The fraction of sp³-hybridized carbons (Fsp3) is 0.400. The van der Waals surface area contributed by atoms with Gasteiger partial charge in [-0.2, -0.15) is 5.26 Å². The van der Waals surface area contributed by atoms with E-state index >= 15 is 0 Å². The normalized spacial score (nSPS) is 15.8. The summed E-state index contributed by atoms with van der Waals surface area (Å²) in [4.78, 5) is 14.3. The topological polar surface area (TPSA) is 69.3 Å². The number of nitrogens with zero attached hydrogens (tertiary/aromatic N) is 3. The zero-order chi connectivity index (χ0) is 17.6. The van der Waals surface area contributed by atoms with Gasteiger partial charge in [0.15, 0.2) is 0 Å². The molecule has 0 aliphatic carbocycles. The standard InChI is InChI=1S/C20H23N3O2/c21-10-3-11-23-14-17(18-4-1-2-5-19(18)23)6-7-20(25)22-12-8-16(15-24)9-13-22/h1-2,4-7,14,16,24H,3,8-9,11-13,15H2/b7-6+. The highest BCUT2D eigenvalue weighted by molar-refractivity contribution is 5.96. The number of aryl methyl sites for hydroxylation is 1. The van der Waals surface area contributed by atoms with Crippen molar-refractivity contribution in [2.45, 2.75) is 25.8 Å². The van der Waals surface area contributed by atoms with Crippen molar-refractivity contribution in [3.8, 4) is 6.07 Å². The maximum absolute atomic E-state index is 12.4. The maximum atomic E-state index is 12.4. The lowest BCUT2D eigenvalue weighted by atomic mass is 9.98. The first kappa shape index (κ1) is 17.2. The Morgan fingerprint density at radius 3 is 2.80 bits per heavy atom. The quantitative estimate of drug-likeness (QED) is 0.853. The second-order valence-corrected chi connectivity index (χ2v) is 6.49. The molecular formula is C20H23N3O2. The van der Waals surface area contributed by atoms with Gasteiger partial charge in [0, 0.05) is 55.0 Å². The van der Waals surface area contributed by atoms with Crippen molar-refractivity contribution in [1.82, 2.24) is 9.47 Å². The molecule has 3 rings (SSSR count). The summed E-state index contributed by atoms with van der Waals surface area (Å²) in [6.45, 7) is 2.27. The van der Waals surface area contributed by atoms with Crippen molar-refractivity contribution in [3.05, 3.63) is 42.1 Å². The molecule has 1 aliphatic heterocycles.